The predicted octanol–water partition coefficient (Wildman–Crippen LogP) is 3.97. The second-order valence-electron chi connectivity index (χ2n) is 3.80. The molecule has 0 aromatic heterocycles. The number of rotatable bonds is 3. The third-order valence-electron chi connectivity index (χ3n) is 2.46. The van der Waals surface area contributed by atoms with Gasteiger partial charge in [-0.3, -0.25) is 0 Å². The molecule has 0 amide bonds. The second-order valence-corrected chi connectivity index (χ2v) is 5.81. The highest BCUT2D eigenvalue weighted by Gasteiger charge is 2.10. The SMILES string of the molecule is COC(=O)c1ccc(Sc2ccc(N)cc2)cc1Br. The van der Waals surface area contributed by atoms with E-state index < -0.39 is 0 Å². The zero-order valence-corrected chi connectivity index (χ0v) is 12.6. The lowest BCUT2D eigenvalue weighted by Gasteiger charge is -2.06. The first-order valence-electron chi connectivity index (χ1n) is 5.51. The van der Waals surface area contributed by atoms with Crippen LogP contribution in [0.15, 0.2) is 56.7 Å². The molecule has 2 aromatic rings. The van der Waals surface area contributed by atoms with Gasteiger partial charge in [0.15, 0.2) is 0 Å². The lowest BCUT2D eigenvalue weighted by molar-refractivity contribution is 0.0599. The Hall–Kier alpha value is -1.46. The van der Waals surface area contributed by atoms with Crippen molar-refractivity contribution in [2.75, 3.05) is 12.8 Å². The summed E-state index contributed by atoms with van der Waals surface area (Å²) in [6.45, 7) is 0. The summed E-state index contributed by atoms with van der Waals surface area (Å²) in [5.41, 5.74) is 6.90. The van der Waals surface area contributed by atoms with Gasteiger partial charge in [0.05, 0.1) is 12.7 Å². The molecule has 0 aliphatic heterocycles. The molecular weight excluding hydrogens is 326 g/mol. The summed E-state index contributed by atoms with van der Waals surface area (Å²) >= 11 is 4.98. The van der Waals surface area contributed by atoms with Gasteiger partial charge in [-0.25, -0.2) is 4.79 Å². The molecule has 0 heterocycles. The molecule has 2 aromatic carbocycles. The van der Waals surface area contributed by atoms with Crippen molar-refractivity contribution in [2.45, 2.75) is 9.79 Å². The highest BCUT2D eigenvalue weighted by Crippen LogP contribution is 2.31. The monoisotopic (exact) mass is 337 g/mol. The molecule has 2 rings (SSSR count). The molecule has 98 valence electrons. The Morgan fingerprint density at radius 1 is 1.16 bits per heavy atom. The van der Waals surface area contributed by atoms with Crippen LogP contribution in [0.3, 0.4) is 0 Å². The fourth-order valence-corrected chi connectivity index (χ4v) is 3.06. The number of nitrogens with two attached hydrogens (primary N) is 1. The van der Waals surface area contributed by atoms with Crippen LogP contribution in [0.5, 0.6) is 0 Å². The maximum absolute atomic E-state index is 11.5. The fourth-order valence-electron chi connectivity index (χ4n) is 1.51. The van der Waals surface area contributed by atoms with Crippen LogP contribution in [0.2, 0.25) is 0 Å². The van der Waals surface area contributed by atoms with Crippen LogP contribution in [-0.2, 0) is 4.74 Å². The van der Waals surface area contributed by atoms with Gasteiger partial charge in [-0.15, -0.1) is 0 Å². The number of benzene rings is 2. The van der Waals surface area contributed by atoms with E-state index in [2.05, 4.69) is 15.9 Å². The van der Waals surface area contributed by atoms with Crippen LogP contribution < -0.4 is 5.73 Å². The van der Waals surface area contributed by atoms with Crippen LogP contribution in [-0.4, -0.2) is 13.1 Å². The number of hydrogen-bond donors (Lipinski definition) is 1. The zero-order chi connectivity index (χ0) is 13.8. The van der Waals surface area contributed by atoms with E-state index in [9.17, 15) is 4.79 Å². The number of methoxy groups -OCH3 is 1. The summed E-state index contributed by atoms with van der Waals surface area (Å²) in [6, 6.07) is 13.2. The summed E-state index contributed by atoms with van der Waals surface area (Å²) in [5.74, 6) is -0.351. The van der Waals surface area contributed by atoms with E-state index in [4.69, 9.17) is 10.5 Å². The first-order chi connectivity index (χ1) is 9.10. The van der Waals surface area contributed by atoms with Crippen LogP contribution >= 0.6 is 27.7 Å². The molecule has 0 saturated heterocycles. The van der Waals surface area contributed by atoms with E-state index in [0.29, 0.717) is 5.56 Å². The Morgan fingerprint density at radius 3 is 2.37 bits per heavy atom. The number of halogens is 1. The molecule has 0 unspecified atom stereocenters. The van der Waals surface area contributed by atoms with Gasteiger partial charge in [-0.1, -0.05) is 11.8 Å². The number of hydrogen-bond acceptors (Lipinski definition) is 4. The molecule has 0 aliphatic rings. The van der Waals surface area contributed by atoms with E-state index in [0.717, 1.165) is 20.0 Å². The molecule has 19 heavy (non-hydrogen) atoms. The average molecular weight is 338 g/mol. The summed E-state index contributed by atoms with van der Waals surface area (Å²) in [6.07, 6.45) is 0. The maximum Gasteiger partial charge on any atom is 0.339 e. The summed E-state index contributed by atoms with van der Waals surface area (Å²) in [7, 11) is 1.37. The minimum atomic E-state index is -0.351. The van der Waals surface area contributed by atoms with Crippen LogP contribution in [0.25, 0.3) is 0 Å². The van der Waals surface area contributed by atoms with Crippen molar-refractivity contribution in [1.82, 2.24) is 0 Å². The van der Waals surface area contributed by atoms with Gasteiger partial charge in [-0.2, -0.15) is 0 Å². The molecule has 3 nitrogen and oxygen atoms in total. The minimum Gasteiger partial charge on any atom is -0.465 e. The molecule has 0 atom stereocenters. The molecule has 5 heteroatoms. The lowest BCUT2D eigenvalue weighted by Crippen LogP contribution is -2.01. The Labute approximate surface area is 124 Å². The molecular formula is C14H12BrNO2S. The maximum atomic E-state index is 11.5. The Kier molecular flexibility index (Phi) is 4.50. The molecule has 0 fully saturated rings. The van der Waals surface area contributed by atoms with Crippen molar-refractivity contribution in [2.24, 2.45) is 0 Å². The van der Waals surface area contributed by atoms with E-state index in [1.807, 2.05) is 36.4 Å². The molecule has 2 N–H and O–H groups in total. The standard InChI is InChI=1S/C14H12BrNO2S/c1-18-14(17)12-7-6-11(8-13(12)15)19-10-4-2-9(16)3-5-10/h2-8H,16H2,1H3. The largest absolute Gasteiger partial charge is 0.465 e. The molecule has 0 saturated carbocycles. The highest BCUT2D eigenvalue weighted by atomic mass is 79.9. The van der Waals surface area contributed by atoms with Gasteiger partial charge in [-0.05, 0) is 58.4 Å². The average Bonchev–Trinajstić information content (AvgIpc) is 2.41. The lowest BCUT2D eigenvalue weighted by atomic mass is 10.2. The van der Waals surface area contributed by atoms with E-state index >= 15 is 0 Å². The summed E-state index contributed by atoms with van der Waals surface area (Å²) in [4.78, 5) is 13.6. The second kappa shape index (κ2) is 6.12. The van der Waals surface area contributed by atoms with Crippen LogP contribution in [0, 0.1) is 0 Å². The first-order valence-corrected chi connectivity index (χ1v) is 7.12. The van der Waals surface area contributed by atoms with Gasteiger partial charge < -0.3 is 10.5 Å². The Bertz CT molecular complexity index is 599. The highest BCUT2D eigenvalue weighted by molar-refractivity contribution is 9.10. The topological polar surface area (TPSA) is 52.3 Å². The summed E-state index contributed by atoms with van der Waals surface area (Å²) < 4.78 is 5.42. The van der Waals surface area contributed by atoms with Crippen LogP contribution in [0.1, 0.15) is 10.4 Å². The number of ether oxygens (including phenoxy) is 1. The number of esters is 1. The fraction of sp³-hybridized carbons (Fsp3) is 0.0714. The van der Waals surface area contributed by atoms with E-state index in [1.165, 1.54) is 7.11 Å². The predicted molar refractivity (Wildman–Crippen MR) is 80.5 cm³/mol. The van der Waals surface area contributed by atoms with E-state index in [1.54, 1.807) is 17.8 Å². The van der Waals surface area contributed by atoms with Gasteiger partial charge in [0.1, 0.15) is 0 Å². The van der Waals surface area contributed by atoms with Gasteiger partial charge >= 0.3 is 5.97 Å². The van der Waals surface area contributed by atoms with Gasteiger partial charge in [0.25, 0.3) is 0 Å². The normalized spacial score (nSPS) is 10.2. The number of anilines is 1. The first kappa shape index (κ1) is 14.0. The van der Waals surface area contributed by atoms with Crippen molar-refractivity contribution in [3.05, 3.63) is 52.5 Å². The van der Waals surface area contributed by atoms with Gasteiger partial charge in [0, 0.05) is 20.0 Å². The molecule has 0 aliphatic carbocycles. The molecule has 0 radical (unpaired) electrons. The van der Waals surface area contributed by atoms with Gasteiger partial charge in [0.2, 0.25) is 0 Å². The minimum absolute atomic E-state index is 0.351. The molecule has 0 spiro atoms. The smallest absolute Gasteiger partial charge is 0.339 e. The third kappa shape index (κ3) is 3.52. The quantitative estimate of drug-likeness (QED) is 0.680. The zero-order valence-electron chi connectivity index (χ0n) is 10.2. The van der Waals surface area contributed by atoms with Crippen molar-refractivity contribution in [1.29, 1.82) is 0 Å². The van der Waals surface area contributed by atoms with Crippen molar-refractivity contribution in [3.63, 3.8) is 0 Å². The number of carbonyl (C=O) groups is 1. The molecule has 0 bridgehead atoms. The van der Waals surface area contributed by atoms with E-state index in [-0.39, 0.29) is 5.97 Å². The van der Waals surface area contributed by atoms with Crippen molar-refractivity contribution < 1.29 is 9.53 Å². The van der Waals surface area contributed by atoms with Crippen molar-refractivity contribution >= 4 is 39.3 Å². The number of nitrogen functional groups attached to an aromatic ring is 1. The Balaban J connectivity index is 2.20. The van der Waals surface area contributed by atoms with Crippen molar-refractivity contribution in [3.8, 4) is 0 Å². The third-order valence-corrected chi connectivity index (χ3v) is 4.12. The summed E-state index contributed by atoms with van der Waals surface area (Å²) in [5, 5.41) is 0. The number of carbonyl (C=O) groups excluding carboxylic acids is 1. The Morgan fingerprint density at radius 2 is 1.79 bits per heavy atom. The van der Waals surface area contributed by atoms with Crippen LogP contribution in [0.4, 0.5) is 5.69 Å².